The Hall–Kier alpha value is -3.49. The summed E-state index contributed by atoms with van der Waals surface area (Å²) in [5, 5.41) is 0.558. The van der Waals surface area contributed by atoms with Gasteiger partial charge in [0.1, 0.15) is 23.7 Å². The van der Waals surface area contributed by atoms with Crippen molar-refractivity contribution in [3.63, 3.8) is 0 Å². The largest absolute Gasteiger partial charge is 0.573 e. The molecule has 0 saturated carbocycles. The van der Waals surface area contributed by atoms with Crippen molar-refractivity contribution in [1.82, 2.24) is 0 Å². The number of carbonyl (C=O) groups excluding carboxylic acids is 1. The molecule has 0 bridgehead atoms. The first-order chi connectivity index (χ1) is 13.2. The molecule has 2 aromatic carbocycles. The predicted octanol–water partition coefficient (Wildman–Crippen LogP) is 4.06. The molecule has 0 atom stereocenters. The van der Waals surface area contributed by atoms with Crippen molar-refractivity contribution < 1.29 is 36.6 Å². The lowest BCUT2D eigenvalue weighted by Gasteiger charge is -2.10. The topological polar surface area (TPSA) is 75.0 Å². The molecule has 0 aliphatic rings. The highest BCUT2D eigenvalue weighted by Gasteiger charge is 2.31. The third-order valence-corrected chi connectivity index (χ3v) is 3.72. The van der Waals surface area contributed by atoms with Gasteiger partial charge in [0.2, 0.25) is 0 Å². The number of carbonyl (C=O) groups is 1. The fourth-order valence-electron chi connectivity index (χ4n) is 2.48. The van der Waals surface area contributed by atoms with Crippen molar-refractivity contribution >= 4 is 16.9 Å². The van der Waals surface area contributed by atoms with E-state index in [0.717, 1.165) is 24.3 Å². The van der Waals surface area contributed by atoms with E-state index in [1.165, 1.54) is 19.2 Å². The minimum atomic E-state index is -4.82. The summed E-state index contributed by atoms with van der Waals surface area (Å²) < 4.78 is 55.6. The maximum atomic E-state index is 12.2. The number of ether oxygens (including phenoxy) is 3. The fraction of sp³-hybridized carbons (Fsp3) is 0.158. The molecular formula is C19H13F3O6. The summed E-state index contributed by atoms with van der Waals surface area (Å²) in [6.45, 7) is -0.228. The normalized spacial score (nSPS) is 11.3. The molecule has 0 saturated heterocycles. The molecule has 0 spiro atoms. The molecule has 0 aliphatic heterocycles. The second-order valence-corrected chi connectivity index (χ2v) is 5.60. The highest BCUT2D eigenvalue weighted by atomic mass is 19.4. The van der Waals surface area contributed by atoms with Gasteiger partial charge in [0.25, 0.3) is 0 Å². The molecule has 9 heteroatoms. The standard InChI is InChI=1S/C19H13F3O6/c1-25-14-6-7-15-12(8-17(23)27-16(15)9-14)10-26-18(24)11-2-4-13(5-3-11)28-19(20,21)22/h2-9H,10H2,1H3. The fourth-order valence-corrected chi connectivity index (χ4v) is 2.48. The first-order valence-electron chi connectivity index (χ1n) is 7.89. The number of halogens is 3. The Labute approximate surface area is 156 Å². The van der Waals surface area contributed by atoms with E-state index >= 15 is 0 Å². The highest BCUT2D eigenvalue weighted by molar-refractivity contribution is 5.90. The van der Waals surface area contributed by atoms with Crippen LogP contribution in [0.25, 0.3) is 11.0 Å². The summed E-state index contributed by atoms with van der Waals surface area (Å²) in [7, 11) is 1.47. The van der Waals surface area contributed by atoms with Gasteiger partial charge in [-0.05, 0) is 36.4 Å². The van der Waals surface area contributed by atoms with E-state index in [2.05, 4.69) is 4.74 Å². The van der Waals surface area contributed by atoms with E-state index in [1.807, 2.05) is 0 Å². The predicted molar refractivity (Wildman–Crippen MR) is 91.3 cm³/mol. The maximum absolute atomic E-state index is 12.2. The number of rotatable bonds is 5. The van der Waals surface area contributed by atoms with Crippen LogP contribution in [0, 0.1) is 0 Å². The average Bonchev–Trinajstić information content (AvgIpc) is 2.64. The van der Waals surface area contributed by atoms with Gasteiger partial charge < -0.3 is 18.6 Å². The molecule has 28 heavy (non-hydrogen) atoms. The molecule has 1 heterocycles. The molecule has 0 N–H and O–H groups in total. The van der Waals surface area contributed by atoms with Gasteiger partial charge in [-0.3, -0.25) is 0 Å². The Morgan fingerprint density at radius 3 is 2.36 bits per heavy atom. The van der Waals surface area contributed by atoms with Crippen LogP contribution in [0.4, 0.5) is 13.2 Å². The zero-order chi connectivity index (χ0) is 20.3. The number of hydrogen-bond acceptors (Lipinski definition) is 6. The van der Waals surface area contributed by atoms with E-state index in [-0.39, 0.29) is 17.8 Å². The average molecular weight is 394 g/mol. The zero-order valence-corrected chi connectivity index (χ0v) is 14.4. The van der Waals surface area contributed by atoms with E-state index in [0.29, 0.717) is 16.7 Å². The molecule has 146 valence electrons. The lowest BCUT2D eigenvalue weighted by Crippen LogP contribution is -2.17. The third-order valence-electron chi connectivity index (χ3n) is 3.72. The summed E-state index contributed by atoms with van der Waals surface area (Å²) in [6, 6.07) is 10.3. The summed E-state index contributed by atoms with van der Waals surface area (Å²) in [5.41, 5.74) is 0.0924. The van der Waals surface area contributed by atoms with Crippen molar-refractivity contribution in [3.05, 3.63) is 70.1 Å². The third kappa shape index (κ3) is 4.61. The highest BCUT2D eigenvalue weighted by Crippen LogP contribution is 2.24. The van der Waals surface area contributed by atoms with E-state index in [1.54, 1.807) is 12.1 Å². The summed E-state index contributed by atoms with van der Waals surface area (Å²) >= 11 is 0. The molecule has 3 aromatic rings. The second-order valence-electron chi connectivity index (χ2n) is 5.60. The van der Waals surface area contributed by atoms with Crippen LogP contribution in [0.5, 0.6) is 11.5 Å². The second kappa shape index (κ2) is 7.63. The van der Waals surface area contributed by atoms with Gasteiger partial charge in [-0.25, -0.2) is 9.59 Å². The first kappa shape index (κ1) is 19.3. The van der Waals surface area contributed by atoms with Crippen LogP contribution in [0.2, 0.25) is 0 Å². The molecule has 3 rings (SSSR count). The Morgan fingerprint density at radius 1 is 1.04 bits per heavy atom. The summed E-state index contributed by atoms with van der Waals surface area (Å²) in [6.07, 6.45) is -4.82. The Morgan fingerprint density at radius 2 is 1.71 bits per heavy atom. The number of hydrogen-bond donors (Lipinski definition) is 0. The number of esters is 1. The van der Waals surface area contributed by atoms with Crippen LogP contribution in [0.1, 0.15) is 15.9 Å². The quantitative estimate of drug-likeness (QED) is 0.480. The zero-order valence-electron chi connectivity index (χ0n) is 14.4. The summed E-state index contributed by atoms with van der Waals surface area (Å²) in [5.74, 6) is -0.732. The van der Waals surface area contributed by atoms with Crippen molar-refractivity contribution in [1.29, 1.82) is 0 Å². The molecule has 1 aromatic heterocycles. The molecular weight excluding hydrogens is 381 g/mol. The molecule has 0 radical (unpaired) electrons. The Bertz CT molecular complexity index is 1050. The minimum Gasteiger partial charge on any atom is -0.497 e. The van der Waals surface area contributed by atoms with Crippen molar-refractivity contribution in [2.45, 2.75) is 13.0 Å². The van der Waals surface area contributed by atoms with Gasteiger partial charge in [0.05, 0.1) is 12.7 Å². The SMILES string of the molecule is COc1ccc2c(COC(=O)c3ccc(OC(F)(F)F)cc3)cc(=O)oc2c1. The van der Waals surface area contributed by atoms with Gasteiger partial charge >= 0.3 is 18.0 Å². The molecule has 0 fully saturated rings. The smallest absolute Gasteiger partial charge is 0.497 e. The molecule has 0 amide bonds. The van der Waals surface area contributed by atoms with Gasteiger partial charge in [0, 0.05) is 23.1 Å². The van der Waals surface area contributed by atoms with Crippen LogP contribution in [-0.4, -0.2) is 19.4 Å². The van der Waals surface area contributed by atoms with E-state index in [4.69, 9.17) is 13.9 Å². The van der Waals surface area contributed by atoms with Crippen LogP contribution < -0.4 is 15.1 Å². The van der Waals surface area contributed by atoms with Crippen LogP contribution in [0.15, 0.2) is 57.7 Å². The number of methoxy groups -OCH3 is 1. The lowest BCUT2D eigenvalue weighted by atomic mass is 10.1. The molecule has 0 unspecified atom stereocenters. The monoisotopic (exact) mass is 394 g/mol. The minimum absolute atomic E-state index is 0.0310. The Kier molecular flexibility index (Phi) is 5.25. The van der Waals surface area contributed by atoms with E-state index in [9.17, 15) is 22.8 Å². The van der Waals surface area contributed by atoms with Gasteiger partial charge in [0.15, 0.2) is 0 Å². The summed E-state index contributed by atoms with van der Waals surface area (Å²) in [4.78, 5) is 23.8. The van der Waals surface area contributed by atoms with Gasteiger partial charge in [-0.15, -0.1) is 13.2 Å². The number of benzene rings is 2. The molecule has 0 aliphatic carbocycles. The van der Waals surface area contributed by atoms with Crippen LogP contribution >= 0.6 is 0 Å². The van der Waals surface area contributed by atoms with Crippen LogP contribution in [0.3, 0.4) is 0 Å². The van der Waals surface area contributed by atoms with Gasteiger partial charge in [-0.1, -0.05) is 0 Å². The first-order valence-corrected chi connectivity index (χ1v) is 7.89. The van der Waals surface area contributed by atoms with Gasteiger partial charge in [-0.2, -0.15) is 0 Å². The Balaban J connectivity index is 1.75. The number of alkyl halides is 3. The van der Waals surface area contributed by atoms with E-state index < -0.39 is 23.7 Å². The maximum Gasteiger partial charge on any atom is 0.573 e. The number of fused-ring (bicyclic) bond motifs is 1. The van der Waals surface area contributed by atoms with Crippen LogP contribution in [-0.2, 0) is 11.3 Å². The molecule has 6 nitrogen and oxygen atoms in total. The van der Waals surface area contributed by atoms with Crippen molar-refractivity contribution in [3.8, 4) is 11.5 Å². The van der Waals surface area contributed by atoms with Crippen molar-refractivity contribution in [2.75, 3.05) is 7.11 Å². The van der Waals surface area contributed by atoms with Crippen molar-refractivity contribution in [2.24, 2.45) is 0 Å². The lowest BCUT2D eigenvalue weighted by molar-refractivity contribution is -0.274.